The summed E-state index contributed by atoms with van der Waals surface area (Å²) in [6.45, 7) is 4.67. The van der Waals surface area contributed by atoms with Gasteiger partial charge in [-0.3, -0.25) is 4.39 Å². The minimum absolute atomic E-state index is 0.248. The molecule has 0 aromatic heterocycles. The number of aryl methyl sites for hydroxylation is 1. The average Bonchev–Trinajstić information content (AvgIpc) is 3.09. The Bertz CT molecular complexity index is 1410. The van der Waals surface area contributed by atoms with E-state index in [9.17, 15) is 19.6 Å². The standard InChI is InChI=1S/C33H33FN2O2/c1-22-28(19-35)6-3-7-29(22)31-8-2-5-26-18-27(33(37)38)13-14-30(26)32(31)25-11-9-23(10-12-25)17-24-20-36(21-24)16-4-15-34/h3,6-7,9-14,18,24H,2,4-5,8,15-17,20-21H2,1H3,(H,37,38). The summed E-state index contributed by atoms with van der Waals surface area (Å²) in [6.07, 6.45) is 4.19. The van der Waals surface area contributed by atoms with Gasteiger partial charge >= 0.3 is 5.97 Å². The second-order valence-electron chi connectivity index (χ2n) is 10.5. The van der Waals surface area contributed by atoms with Crippen molar-refractivity contribution in [3.05, 3.63) is 105 Å². The van der Waals surface area contributed by atoms with E-state index in [0.717, 1.165) is 78.7 Å². The van der Waals surface area contributed by atoms with Gasteiger partial charge in [0.15, 0.2) is 0 Å². The van der Waals surface area contributed by atoms with Crippen molar-refractivity contribution in [2.24, 2.45) is 5.92 Å². The molecule has 1 aliphatic heterocycles. The van der Waals surface area contributed by atoms with Crippen LogP contribution in [-0.2, 0) is 12.8 Å². The zero-order valence-corrected chi connectivity index (χ0v) is 21.8. The molecule has 0 atom stereocenters. The van der Waals surface area contributed by atoms with Crippen LogP contribution in [0.25, 0.3) is 11.1 Å². The second-order valence-corrected chi connectivity index (χ2v) is 10.5. The van der Waals surface area contributed by atoms with Crippen molar-refractivity contribution < 1.29 is 14.3 Å². The number of allylic oxidation sites excluding steroid dienone is 1. The maximum Gasteiger partial charge on any atom is 0.335 e. The number of nitrogens with zero attached hydrogens (tertiary/aromatic N) is 2. The number of aromatic carboxylic acids is 1. The summed E-state index contributed by atoms with van der Waals surface area (Å²) in [4.78, 5) is 14.0. The van der Waals surface area contributed by atoms with Gasteiger partial charge in [-0.05, 0) is 108 Å². The van der Waals surface area contributed by atoms with Crippen LogP contribution in [0.15, 0.2) is 60.7 Å². The summed E-state index contributed by atoms with van der Waals surface area (Å²) in [5, 5.41) is 19.3. The van der Waals surface area contributed by atoms with E-state index in [1.165, 1.54) is 11.1 Å². The molecule has 2 aliphatic rings. The summed E-state index contributed by atoms with van der Waals surface area (Å²) < 4.78 is 12.4. The first kappa shape index (κ1) is 25.9. The molecule has 1 heterocycles. The maximum absolute atomic E-state index is 12.4. The van der Waals surface area contributed by atoms with Crippen molar-refractivity contribution in [2.45, 2.75) is 39.0 Å². The van der Waals surface area contributed by atoms with Crippen LogP contribution in [0, 0.1) is 24.2 Å². The van der Waals surface area contributed by atoms with E-state index in [2.05, 4.69) is 41.3 Å². The van der Waals surface area contributed by atoms with E-state index in [-0.39, 0.29) is 6.67 Å². The second kappa shape index (κ2) is 11.3. The molecule has 38 heavy (non-hydrogen) atoms. The highest BCUT2D eigenvalue weighted by Crippen LogP contribution is 2.41. The lowest BCUT2D eigenvalue weighted by molar-refractivity contribution is 0.0696. The molecule has 1 fully saturated rings. The summed E-state index contributed by atoms with van der Waals surface area (Å²) in [7, 11) is 0. The molecular formula is C33H33FN2O2. The number of nitriles is 1. The first-order valence-corrected chi connectivity index (χ1v) is 13.5. The van der Waals surface area contributed by atoms with Gasteiger partial charge in [-0.25, -0.2) is 4.79 Å². The molecule has 4 nitrogen and oxygen atoms in total. The summed E-state index contributed by atoms with van der Waals surface area (Å²) in [5.41, 5.74) is 9.90. The molecule has 0 unspecified atom stereocenters. The normalized spacial score (nSPS) is 15.9. The lowest BCUT2D eigenvalue weighted by Crippen LogP contribution is -2.47. The third-order valence-electron chi connectivity index (χ3n) is 7.98. The Labute approximate surface area is 224 Å². The zero-order chi connectivity index (χ0) is 26.6. The molecule has 3 aromatic rings. The van der Waals surface area contributed by atoms with Crippen molar-refractivity contribution in [2.75, 3.05) is 26.3 Å². The number of carbonyl (C=O) groups is 1. The van der Waals surface area contributed by atoms with Crippen LogP contribution in [0.4, 0.5) is 4.39 Å². The largest absolute Gasteiger partial charge is 0.478 e. The van der Waals surface area contributed by atoms with Gasteiger partial charge < -0.3 is 10.0 Å². The maximum atomic E-state index is 12.4. The molecule has 0 amide bonds. The fraction of sp³-hybridized carbons (Fsp3) is 0.333. The quantitative estimate of drug-likeness (QED) is 0.368. The predicted molar refractivity (Wildman–Crippen MR) is 149 cm³/mol. The van der Waals surface area contributed by atoms with Crippen LogP contribution in [-0.4, -0.2) is 42.3 Å². The highest BCUT2D eigenvalue weighted by atomic mass is 19.1. The van der Waals surface area contributed by atoms with E-state index in [1.807, 2.05) is 31.2 Å². The molecule has 1 N–H and O–H groups in total. The molecule has 5 rings (SSSR count). The number of fused-ring (bicyclic) bond motifs is 1. The molecule has 194 valence electrons. The van der Waals surface area contributed by atoms with Crippen molar-refractivity contribution >= 4 is 17.1 Å². The van der Waals surface area contributed by atoms with Crippen molar-refractivity contribution in [3.63, 3.8) is 0 Å². The van der Waals surface area contributed by atoms with E-state index in [4.69, 9.17) is 0 Å². The highest BCUT2D eigenvalue weighted by Gasteiger charge is 2.26. The van der Waals surface area contributed by atoms with E-state index >= 15 is 0 Å². The Morgan fingerprint density at radius 3 is 2.58 bits per heavy atom. The van der Waals surface area contributed by atoms with Crippen LogP contribution in [0.5, 0.6) is 0 Å². The van der Waals surface area contributed by atoms with E-state index in [0.29, 0.717) is 23.5 Å². The van der Waals surface area contributed by atoms with Crippen LogP contribution in [0.3, 0.4) is 0 Å². The number of halogens is 1. The zero-order valence-electron chi connectivity index (χ0n) is 21.8. The topological polar surface area (TPSA) is 64.3 Å². The van der Waals surface area contributed by atoms with Gasteiger partial charge in [-0.15, -0.1) is 0 Å². The molecular weight excluding hydrogens is 475 g/mol. The third-order valence-corrected chi connectivity index (χ3v) is 7.98. The Balaban J connectivity index is 1.53. The Morgan fingerprint density at radius 1 is 1.08 bits per heavy atom. The average molecular weight is 509 g/mol. The van der Waals surface area contributed by atoms with Gasteiger partial charge in [0.2, 0.25) is 0 Å². The van der Waals surface area contributed by atoms with Gasteiger partial charge in [-0.2, -0.15) is 5.26 Å². The van der Waals surface area contributed by atoms with Crippen LogP contribution >= 0.6 is 0 Å². The van der Waals surface area contributed by atoms with Gasteiger partial charge in [-0.1, -0.05) is 42.5 Å². The number of likely N-dealkylation sites (tertiary alicyclic amines) is 1. The van der Waals surface area contributed by atoms with Crippen molar-refractivity contribution in [1.29, 1.82) is 5.26 Å². The molecule has 1 saturated heterocycles. The SMILES string of the molecule is Cc1c(C#N)cccc1C1=C(c2ccc(CC3CN(CCCF)C3)cc2)c2ccc(C(=O)O)cc2CCC1. The van der Waals surface area contributed by atoms with Crippen LogP contribution in [0.2, 0.25) is 0 Å². The summed E-state index contributed by atoms with van der Waals surface area (Å²) in [5.74, 6) is -0.302. The number of carboxylic acid groups (broad SMARTS) is 1. The van der Waals surface area contributed by atoms with Gasteiger partial charge in [0.1, 0.15) is 0 Å². The van der Waals surface area contributed by atoms with Gasteiger partial charge in [0, 0.05) is 19.6 Å². The number of alkyl halides is 1. The number of benzene rings is 3. The van der Waals surface area contributed by atoms with Crippen molar-refractivity contribution in [1.82, 2.24) is 4.90 Å². The first-order valence-electron chi connectivity index (χ1n) is 13.5. The Kier molecular flexibility index (Phi) is 7.72. The predicted octanol–water partition coefficient (Wildman–Crippen LogP) is 6.69. The summed E-state index contributed by atoms with van der Waals surface area (Å²) in [6, 6.07) is 22.5. The Morgan fingerprint density at radius 2 is 1.87 bits per heavy atom. The molecule has 3 aromatic carbocycles. The smallest absolute Gasteiger partial charge is 0.335 e. The minimum atomic E-state index is -0.913. The molecule has 0 spiro atoms. The monoisotopic (exact) mass is 508 g/mol. The van der Waals surface area contributed by atoms with E-state index < -0.39 is 5.97 Å². The minimum Gasteiger partial charge on any atom is -0.478 e. The molecule has 0 radical (unpaired) electrons. The van der Waals surface area contributed by atoms with Crippen LogP contribution in [0.1, 0.15) is 68.6 Å². The van der Waals surface area contributed by atoms with Gasteiger partial charge in [0.05, 0.1) is 23.9 Å². The summed E-state index contributed by atoms with van der Waals surface area (Å²) >= 11 is 0. The number of hydrogen-bond donors (Lipinski definition) is 1. The lowest BCUT2D eigenvalue weighted by atomic mass is 9.84. The number of rotatable bonds is 8. The molecule has 0 bridgehead atoms. The highest BCUT2D eigenvalue weighted by molar-refractivity contribution is 6.01. The molecule has 0 saturated carbocycles. The molecule has 5 heteroatoms. The first-order chi connectivity index (χ1) is 18.5. The van der Waals surface area contributed by atoms with Crippen molar-refractivity contribution in [3.8, 4) is 6.07 Å². The molecule has 1 aliphatic carbocycles. The lowest BCUT2D eigenvalue weighted by Gasteiger charge is -2.39. The Hall–Kier alpha value is -3.75. The van der Waals surface area contributed by atoms with Crippen LogP contribution < -0.4 is 0 Å². The third kappa shape index (κ3) is 5.28. The number of carboxylic acids is 1. The van der Waals surface area contributed by atoms with Gasteiger partial charge in [0.25, 0.3) is 0 Å². The fourth-order valence-electron chi connectivity index (χ4n) is 6.02. The fourth-order valence-corrected chi connectivity index (χ4v) is 6.02. The number of hydrogen-bond acceptors (Lipinski definition) is 3. The van der Waals surface area contributed by atoms with E-state index in [1.54, 1.807) is 6.07 Å².